The smallest absolute Gasteiger partial charge is 0.265 e. The molecule has 0 spiro atoms. The minimum atomic E-state index is -3.68. The van der Waals surface area contributed by atoms with E-state index in [9.17, 15) is 8.42 Å². The van der Waals surface area contributed by atoms with E-state index < -0.39 is 10.0 Å². The minimum Gasteiger partial charge on any atom is -0.497 e. The normalized spacial score (nSPS) is 17.3. The number of hydrogen-bond acceptors (Lipinski definition) is 4. The van der Waals surface area contributed by atoms with Crippen molar-refractivity contribution >= 4 is 15.7 Å². The van der Waals surface area contributed by atoms with Gasteiger partial charge in [-0.05, 0) is 49.7 Å². The molecule has 1 aliphatic heterocycles. The molecule has 0 N–H and O–H groups in total. The molecule has 0 amide bonds. The molecule has 1 unspecified atom stereocenters. The largest absolute Gasteiger partial charge is 0.497 e. The first-order valence-electron chi connectivity index (χ1n) is 7.36. The van der Waals surface area contributed by atoms with Gasteiger partial charge in [-0.3, -0.25) is 4.31 Å². The third-order valence-corrected chi connectivity index (χ3v) is 5.99. The van der Waals surface area contributed by atoms with Crippen LogP contribution in [0.1, 0.15) is 12.5 Å². The Morgan fingerprint density at radius 3 is 2.65 bits per heavy atom. The Bertz CT molecular complexity index is 832. The van der Waals surface area contributed by atoms with Crippen LogP contribution in [0.15, 0.2) is 47.4 Å². The zero-order valence-corrected chi connectivity index (χ0v) is 14.1. The topological polar surface area (TPSA) is 55.8 Å². The van der Waals surface area contributed by atoms with Gasteiger partial charge in [0, 0.05) is 0 Å². The van der Waals surface area contributed by atoms with E-state index in [1.165, 1.54) is 4.31 Å². The predicted octanol–water partition coefficient (Wildman–Crippen LogP) is 2.98. The van der Waals surface area contributed by atoms with Crippen LogP contribution in [-0.4, -0.2) is 28.2 Å². The third-order valence-electron chi connectivity index (χ3n) is 3.90. The Kier molecular flexibility index (Phi) is 3.93. The van der Waals surface area contributed by atoms with Gasteiger partial charge in [0.1, 0.15) is 18.1 Å². The molecule has 2 aromatic rings. The number of fused-ring (bicyclic) bond motifs is 1. The number of aryl methyl sites for hydroxylation is 1. The predicted molar refractivity (Wildman–Crippen MR) is 88.8 cm³/mol. The lowest BCUT2D eigenvalue weighted by molar-refractivity contribution is 0.281. The van der Waals surface area contributed by atoms with E-state index in [2.05, 4.69) is 0 Å². The zero-order chi connectivity index (χ0) is 16.6. The van der Waals surface area contributed by atoms with Gasteiger partial charge in [0.25, 0.3) is 10.0 Å². The summed E-state index contributed by atoms with van der Waals surface area (Å²) in [6, 6.07) is 11.9. The summed E-state index contributed by atoms with van der Waals surface area (Å²) in [6.45, 7) is 3.93. The molecule has 0 aliphatic carbocycles. The molecule has 0 aromatic heterocycles. The fourth-order valence-electron chi connectivity index (χ4n) is 2.79. The van der Waals surface area contributed by atoms with E-state index in [0.717, 1.165) is 0 Å². The quantitative estimate of drug-likeness (QED) is 0.866. The summed E-state index contributed by atoms with van der Waals surface area (Å²) in [5, 5.41) is 0. The highest BCUT2D eigenvalue weighted by atomic mass is 32.2. The van der Waals surface area contributed by atoms with E-state index in [4.69, 9.17) is 9.47 Å². The Morgan fingerprint density at radius 1 is 1.22 bits per heavy atom. The first-order chi connectivity index (χ1) is 10.9. The van der Waals surface area contributed by atoms with Crippen LogP contribution in [0.4, 0.5) is 5.69 Å². The molecule has 122 valence electrons. The number of anilines is 1. The molecular formula is C17H19NO4S. The first-order valence-corrected chi connectivity index (χ1v) is 8.80. The summed E-state index contributed by atoms with van der Waals surface area (Å²) in [5.41, 5.74) is 1.22. The molecule has 5 nitrogen and oxygen atoms in total. The van der Waals surface area contributed by atoms with E-state index >= 15 is 0 Å². The molecule has 1 aliphatic rings. The van der Waals surface area contributed by atoms with Crippen LogP contribution in [0.3, 0.4) is 0 Å². The minimum absolute atomic E-state index is 0.279. The highest BCUT2D eigenvalue weighted by Crippen LogP contribution is 2.38. The van der Waals surface area contributed by atoms with E-state index in [-0.39, 0.29) is 10.9 Å². The van der Waals surface area contributed by atoms with Crippen LogP contribution in [0, 0.1) is 6.92 Å². The maximum atomic E-state index is 13.2. The molecule has 0 saturated heterocycles. The molecule has 6 heteroatoms. The number of methoxy groups -OCH3 is 1. The molecule has 1 heterocycles. The maximum absolute atomic E-state index is 13.2. The molecule has 0 bridgehead atoms. The van der Waals surface area contributed by atoms with Crippen molar-refractivity contribution in [2.45, 2.75) is 24.8 Å². The van der Waals surface area contributed by atoms with E-state index in [1.54, 1.807) is 44.4 Å². The first kappa shape index (κ1) is 15.7. The molecule has 3 rings (SSSR count). The lowest BCUT2D eigenvalue weighted by Gasteiger charge is -2.36. The molecule has 0 saturated carbocycles. The fourth-order valence-corrected chi connectivity index (χ4v) is 4.65. The van der Waals surface area contributed by atoms with Gasteiger partial charge in [-0.15, -0.1) is 0 Å². The van der Waals surface area contributed by atoms with E-state index in [0.29, 0.717) is 29.4 Å². The van der Waals surface area contributed by atoms with E-state index in [1.807, 2.05) is 19.1 Å². The van der Waals surface area contributed by atoms with Crippen LogP contribution < -0.4 is 13.8 Å². The number of rotatable bonds is 3. The summed E-state index contributed by atoms with van der Waals surface area (Å²) >= 11 is 0. The molecule has 0 fully saturated rings. The standard InChI is InChI=1S/C17H19NO4S/c1-12-10-14(21-3)8-9-17(12)23(19,20)18-13(2)11-22-16-7-5-4-6-15(16)18/h4-10,13H,11H2,1-3H3. The van der Waals surface area contributed by atoms with Crippen LogP contribution >= 0.6 is 0 Å². The molecule has 0 radical (unpaired) electrons. The summed E-state index contributed by atoms with van der Waals surface area (Å²) in [6.07, 6.45) is 0. The van der Waals surface area contributed by atoms with Crippen molar-refractivity contribution in [2.24, 2.45) is 0 Å². The number of para-hydroxylation sites is 2. The van der Waals surface area contributed by atoms with Crippen LogP contribution in [0.25, 0.3) is 0 Å². The summed E-state index contributed by atoms with van der Waals surface area (Å²) < 4.78 is 38.7. The van der Waals surface area contributed by atoms with Gasteiger partial charge in [0.2, 0.25) is 0 Å². The fraction of sp³-hybridized carbons (Fsp3) is 0.294. The maximum Gasteiger partial charge on any atom is 0.265 e. The SMILES string of the molecule is COc1ccc(S(=O)(=O)N2c3ccccc3OCC2C)c(C)c1. The van der Waals surface area contributed by atoms with Crippen molar-refractivity contribution in [2.75, 3.05) is 18.0 Å². The van der Waals surface area contributed by atoms with Crippen molar-refractivity contribution in [1.29, 1.82) is 0 Å². The van der Waals surface area contributed by atoms with Gasteiger partial charge in [0.05, 0.1) is 23.7 Å². The Morgan fingerprint density at radius 2 is 1.96 bits per heavy atom. The second-order valence-corrected chi connectivity index (χ2v) is 7.34. The Labute approximate surface area is 136 Å². The van der Waals surface area contributed by atoms with Crippen LogP contribution in [-0.2, 0) is 10.0 Å². The van der Waals surface area contributed by atoms with Crippen molar-refractivity contribution in [1.82, 2.24) is 0 Å². The molecular weight excluding hydrogens is 314 g/mol. The van der Waals surface area contributed by atoms with Gasteiger partial charge >= 0.3 is 0 Å². The van der Waals surface area contributed by atoms with Gasteiger partial charge in [0.15, 0.2) is 0 Å². The van der Waals surface area contributed by atoms with Crippen LogP contribution in [0.5, 0.6) is 11.5 Å². The van der Waals surface area contributed by atoms with Crippen molar-refractivity contribution in [3.63, 3.8) is 0 Å². The molecule has 23 heavy (non-hydrogen) atoms. The van der Waals surface area contributed by atoms with Crippen LogP contribution in [0.2, 0.25) is 0 Å². The highest BCUT2D eigenvalue weighted by molar-refractivity contribution is 7.93. The second kappa shape index (κ2) is 5.77. The number of benzene rings is 2. The number of hydrogen-bond donors (Lipinski definition) is 0. The van der Waals surface area contributed by atoms with Crippen molar-refractivity contribution in [3.05, 3.63) is 48.0 Å². The Hall–Kier alpha value is -2.21. The van der Waals surface area contributed by atoms with Crippen molar-refractivity contribution in [3.8, 4) is 11.5 Å². The Balaban J connectivity index is 2.13. The lowest BCUT2D eigenvalue weighted by Crippen LogP contribution is -2.45. The van der Waals surface area contributed by atoms with Gasteiger partial charge in [-0.2, -0.15) is 0 Å². The average molecular weight is 333 g/mol. The highest BCUT2D eigenvalue weighted by Gasteiger charge is 2.35. The monoisotopic (exact) mass is 333 g/mol. The van der Waals surface area contributed by atoms with Gasteiger partial charge in [-0.25, -0.2) is 8.42 Å². The summed E-state index contributed by atoms with van der Waals surface area (Å²) in [7, 11) is -2.12. The van der Waals surface area contributed by atoms with Gasteiger partial charge in [-0.1, -0.05) is 12.1 Å². The third kappa shape index (κ3) is 2.63. The zero-order valence-electron chi connectivity index (χ0n) is 13.3. The number of nitrogens with zero attached hydrogens (tertiary/aromatic N) is 1. The molecule has 1 atom stereocenters. The summed E-state index contributed by atoms with van der Waals surface area (Å²) in [5.74, 6) is 1.22. The second-order valence-electron chi connectivity index (χ2n) is 5.56. The van der Waals surface area contributed by atoms with Gasteiger partial charge < -0.3 is 9.47 Å². The number of ether oxygens (including phenoxy) is 2. The summed E-state index contributed by atoms with van der Waals surface area (Å²) in [4.78, 5) is 0.279. The lowest BCUT2D eigenvalue weighted by atomic mass is 10.2. The van der Waals surface area contributed by atoms with Crippen molar-refractivity contribution < 1.29 is 17.9 Å². The number of sulfonamides is 1. The molecule has 2 aromatic carbocycles. The average Bonchev–Trinajstić information content (AvgIpc) is 2.53.